The van der Waals surface area contributed by atoms with Crippen LogP contribution in [0.4, 0.5) is 4.79 Å². The number of aromatic nitrogens is 3. The summed E-state index contributed by atoms with van der Waals surface area (Å²) in [5.74, 6) is 0.271. The summed E-state index contributed by atoms with van der Waals surface area (Å²) in [7, 11) is 1.60. The molecular formula is C34H48N6O6. The number of ether oxygens (including phenoxy) is 4. The second-order valence-electron chi connectivity index (χ2n) is 13.3. The van der Waals surface area contributed by atoms with Crippen LogP contribution in [0.2, 0.25) is 0 Å². The SMILES string of the molecule is CCOC(=O)CNC(=O)N1CC(C)(C)N(Cc2cc(-c3ccc(OCOC)cc3)nc3c2c(C)nn3C2CCCCO2)CC1(C)C. The van der Waals surface area contributed by atoms with Crippen molar-refractivity contribution in [3.05, 3.63) is 41.6 Å². The summed E-state index contributed by atoms with van der Waals surface area (Å²) in [6.45, 7) is 14.9. The Labute approximate surface area is 271 Å². The second kappa shape index (κ2) is 13.9. The number of rotatable bonds is 10. The van der Waals surface area contributed by atoms with Gasteiger partial charge in [-0.25, -0.2) is 14.5 Å². The van der Waals surface area contributed by atoms with E-state index in [1.165, 1.54) is 0 Å². The zero-order valence-corrected chi connectivity index (χ0v) is 28.2. The zero-order valence-electron chi connectivity index (χ0n) is 28.2. The number of piperazine rings is 1. The Morgan fingerprint density at radius 3 is 2.52 bits per heavy atom. The number of carbonyl (C=O) groups is 2. The van der Waals surface area contributed by atoms with E-state index in [9.17, 15) is 9.59 Å². The summed E-state index contributed by atoms with van der Waals surface area (Å²) in [6, 6.07) is 9.75. The molecule has 0 spiro atoms. The largest absolute Gasteiger partial charge is 0.468 e. The maximum Gasteiger partial charge on any atom is 0.325 e. The Morgan fingerprint density at radius 2 is 1.85 bits per heavy atom. The number of hydrogen-bond donors (Lipinski definition) is 1. The predicted octanol–water partition coefficient (Wildman–Crippen LogP) is 5.04. The van der Waals surface area contributed by atoms with Gasteiger partial charge in [0, 0.05) is 49.8 Å². The van der Waals surface area contributed by atoms with Gasteiger partial charge in [-0.1, -0.05) is 0 Å². The summed E-state index contributed by atoms with van der Waals surface area (Å²) in [5.41, 5.74) is 3.77. The van der Waals surface area contributed by atoms with Crippen molar-refractivity contribution in [2.75, 3.05) is 46.8 Å². The molecular weight excluding hydrogens is 588 g/mol. The minimum absolute atomic E-state index is 0.155. The molecule has 12 heteroatoms. The van der Waals surface area contributed by atoms with Crippen LogP contribution < -0.4 is 10.1 Å². The van der Waals surface area contributed by atoms with Crippen molar-refractivity contribution in [3.63, 3.8) is 0 Å². The van der Waals surface area contributed by atoms with Gasteiger partial charge < -0.3 is 29.2 Å². The second-order valence-corrected chi connectivity index (χ2v) is 13.3. The molecule has 1 aromatic carbocycles. The van der Waals surface area contributed by atoms with Crippen LogP contribution in [-0.2, 0) is 25.5 Å². The van der Waals surface area contributed by atoms with E-state index in [0.717, 1.165) is 58.6 Å². The molecule has 1 unspecified atom stereocenters. The van der Waals surface area contributed by atoms with E-state index in [1.807, 2.05) is 40.8 Å². The third-order valence-electron chi connectivity index (χ3n) is 8.85. The molecule has 2 amide bonds. The fourth-order valence-electron chi connectivity index (χ4n) is 6.39. The van der Waals surface area contributed by atoms with Gasteiger partial charge in [0.15, 0.2) is 18.7 Å². The summed E-state index contributed by atoms with van der Waals surface area (Å²) in [6.07, 6.45) is 2.87. The van der Waals surface area contributed by atoms with Crippen molar-refractivity contribution in [3.8, 4) is 17.0 Å². The number of nitrogens with zero attached hydrogens (tertiary/aromatic N) is 5. The molecule has 0 aliphatic carbocycles. The van der Waals surface area contributed by atoms with E-state index >= 15 is 0 Å². The number of hydrogen-bond acceptors (Lipinski definition) is 9. The maximum absolute atomic E-state index is 13.3. The first-order chi connectivity index (χ1) is 21.9. The molecule has 2 saturated heterocycles. The minimum Gasteiger partial charge on any atom is -0.468 e. The first-order valence-electron chi connectivity index (χ1n) is 16.1. The Balaban J connectivity index is 1.48. The van der Waals surface area contributed by atoms with Crippen LogP contribution in [0.1, 0.15) is 71.4 Å². The monoisotopic (exact) mass is 636 g/mol. The first kappa shape index (κ1) is 33.6. The molecule has 5 rings (SSSR count). The number of carbonyl (C=O) groups excluding carboxylic acids is 2. The molecule has 0 radical (unpaired) electrons. The molecule has 2 fully saturated rings. The van der Waals surface area contributed by atoms with Gasteiger partial charge in [0.25, 0.3) is 0 Å². The Hall–Kier alpha value is -3.74. The van der Waals surface area contributed by atoms with Gasteiger partial charge in [-0.15, -0.1) is 0 Å². The van der Waals surface area contributed by atoms with E-state index in [1.54, 1.807) is 14.0 Å². The van der Waals surface area contributed by atoms with Crippen LogP contribution in [-0.4, -0.2) is 94.4 Å². The van der Waals surface area contributed by atoms with Gasteiger partial charge >= 0.3 is 12.0 Å². The lowest BCUT2D eigenvalue weighted by Crippen LogP contribution is -2.69. The van der Waals surface area contributed by atoms with E-state index in [4.69, 9.17) is 29.0 Å². The van der Waals surface area contributed by atoms with Gasteiger partial charge in [0.1, 0.15) is 12.3 Å². The number of benzene rings is 1. The van der Waals surface area contributed by atoms with Gasteiger partial charge in [-0.3, -0.25) is 9.69 Å². The highest BCUT2D eigenvalue weighted by Crippen LogP contribution is 2.36. The number of urea groups is 1. The van der Waals surface area contributed by atoms with Crippen molar-refractivity contribution in [1.29, 1.82) is 0 Å². The number of nitrogens with one attached hydrogen (secondary N) is 1. The fourth-order valence-corrected chi connectivity index (χ4v) is 6.39. The lowest BCUT2D eigenvalue weighted by Gasteiger charge is -2.55. The van der Waals surface area contributed by atoms with E-state index in [0.29, 0.717) is 26.2 Å². The highest BCUT2D eigenvalue weighted by atomic mass is 16.7. The molecule has 1 atom stereocenters. The highest BCUT2D eigenvalue weighted by molar-refractivity contribution is 5.85. The fraction of sp³-hybridized carbons (Fsp3) is 0.588. The molecule has 4 heterocycles. The van der Waals surface area contributed by atoms with E-state index in [-0.39, 0.29) is 37.7 Å². The Bertz CT molecular complexity index is 1530. The van der Waals surface area contributed by atoms with Gasteiger partial charge in [0.2, 0.25) is 0 Å². The molecule has 1 N–H and O–H groups in total. The summed E-state index contributed by atoms with van der Waals surface area (Å²) >= 11 is 0. The molecule has 12 nitrogen and oxygen atoms in total. The first-order valence-corrected chi connectivity index (χ1v) is 16.1. The van der Waals surface area contributed by atoms with Crippen LogP contribution in [0.3, 0.4) is 0 Å². The number of amides is 2. The van der Waals surface area contributed by atoms with Crippen LogP contribution >= 0.6 is 0 Å². The third kappa shape index (κ3) is 7.29. The van der Waals surface area contributed by atoms with Gasteiger partial charge in [-0.2, -0.15) is 5.10 Å². The molecule has 46 heavy (non-hydrogen) atoms. The van der Waals surface area contributed by atoms with E-state index < -0.39 is 11.5 Å². The van der Waals surface area contributed by atoms with Crippen LogP contribution in [0.25, 0.3) is 22.3 Å². The van der Waals surface area contributed by atoms with Crippen LogP contribution in [0.15, 0.2) is 30.3 Å². The molecule has 2 aromatic heterocycles. The topological polar surface area (TPSA) is 120 Å². The molecule has 0 saturated carbocycles. The van der Waals surface area contributed by atoms with Crippen molar-refractivity contribution < 1.29 is 28.5 Å². The average molecular weight is 637 g/mol. The van der Waals surface area contributed by atoms with Crippen molar-refractivity contribution in [1.82, 2.24) is 29.9 Å². The van der Waals surface area contributed by atoms with Crippen molar-refractivity contribution in [2.45, 2.75) is 84.7 Å². The summed E-state index contributed by atoms with van der Waals surface area (Å²) < 4.78 is 23.8. The smallest absolute Gasteiger partial charge is 0.325 e. The summed E-state index contributed by atoms with van der Waals surface area (Å²) in [4.78, 5) is 34.6. The van der Waals surface area contributed by atoms with Crippen LogP contribution in [0.5, 0.6) is 5.75 Å². The maximum atomic E-state index is 13.3. The Morgan fingerprint density at radius 1 is 1.09 bits per heavy atom. The van der Waals surface area contributed by atoms with Gasteiger partial charge in [0.05, 0.1) is 23.5 Å². The molecule has 0 bridgehead atoms. The number of pyridine rings is 1. The highest BCUT2D eigenvalue weighted by Gasteiger charge is 2.45. The third-order valence-corrected chi connectivity index (χ3v) is 8.85. The van der Waals surface area contributed by atoms with Crippen LogP contribution in [0, 0.1) is 6.92 Å². The quantitative estimate of drug-likeness (QED) is 0.241. The van der Waals surface area contributed by atoms with E-state index in [2.05, 4.69) is 44.0 Å². The minimum atomic E-state index is -0.504. The number of methoxy groups -OCH3 is 1. The normalized spacial score (nSPS) is 19.6. The molecule has 250 valence electrons. The molecule has 2 aliphatic heterocycles. The number of esters is 1. The predicted molar refractivity (Wildman–Crippen MR) is 174 cm³/mol. The lowest BCUT2D eigenvalue weighted by atomic mass is 9.88. The lowest BCUT2D eigenvalue weighted by molar-refractivity contribution is -0.141. The number of fused-ring (bicyclic) bond motifs is 1. The molecule has 2 aliphatic rings. The summed E-state index contributed by atoms with van der Waals surface area (Å²) in [5, 5.41) is 8.75. The van der Waals surface area contributed by atoms with Gasteiger partial charge in [-0.05, 0) is 96.7 Å². The van der Waals surface area contributed by atoms with Crippen molar-refractivity contribution >= 4 is 23.0 Å². The van der Waals surface area contributed by atoms with Crippen molar-refractivity contribution in [2.24, 2.45) is 0 Å². The number of aryl methyl sites for hydroxylation is 1. The average Bonchev–Trinajstić information content (AvgIpc) is 3.37. The zero-order chi connectivity index (χ0) is 33.1. The Kier molecular flexibility index (Phi) is 10.2. The molecule has 3 aromatic rings. The standard InChI is InChI=1S/C34H48N6O6/c1-8-44-29(41)18-35-32(42)39-21-33(3,4)38(20-34(39,5)6)19-25-17-27(24-12-14-26(15-13-24)46-22-43-7)36-31-30(25)23(2)37-40(31)28-11-9-10-16-45-28/h12-15,17,28H,8-11,16,18-22H2,1-7H3,(H,35,42).